The molecule has 104 valence electrons. The smallest absolute Gasteiger partial charge is 0.259 e. The molecule has 0 aliphatic rings. The molecule has 0 N–H and O–H groups in total. The van der Waals surface area contributed by atoms with Crippen molar-refractivity contribution in [1.82, 2.24) is 9.88 Å². The molecule has 4 nitrogen and oxygen atoms in total. The molecule has 0 fully saturated rings. The van der Waals surface area contributed by atoms with E-state index in [1.54, 1.807) is 42.4 Å². The average molecular weight is 291 g/mol. The van der Waals surface area contributed by atoms with Crippen molar-refractivity contribution in [1.29, 1.82) is 0 Å². The number of pyridine rings is 1. The maximum absolute atomic E-state index is 12.4. The zero-order chi connectivity index (χ0) is 14.5. The number of hydrogen-bond acceptors (Lipinski definition) is 3. The van der Waals surface area contributed by atoms with E-state index in [9.17, 15) is 4.79 Å². The molecule has 0 atom stereocenters. The molecule has 0 saturated carbocycles. The summed E-state index contributed by atoms with van der Waals surface area (Å²) in [5, 5.41) is 0.677. The van der Waals surface area contributed by atoms with Crippen molar-refractivity contribution >= 4 is 17.5 Å². The fourth-order valence-corrected chi connectivity index (χ4v) is 1.98. The van der Waals surface area contributed by atoms with E-state index in [4.69, 9.17) is 16.3 Å². The van der Waals surface area contributed by atoms with Crippen LogP contribution < -0.4 is 4.74 Å². The van der Waals surface area contributed by atoms with Crippen LogP contribution in [0, 0.1) is 0 Å². The molecule has 0 aliphatic heterocycles. The number of rotatable bonds is 4. The van der Waals surface area contributed by atoms with Gasteiger partial charge in [-0.15, -0.1) is 0 Å². The van der Waals surface area contributed by atoms with Crippen LogP contribution in [0.5, 0.6) is 5.88 Å². The fraction of sp³-hybridized carbons (Fsp3) is 0.200. The molecule has 2 rings (SSSR count). The number of halogens is 1. The first-order chi connectivity index (χ1) is 9.61. The zero-order valence-electron chi connectivity index (χ0n) is 11.3. The lowest BCUT2D eigenvalue weighted by Crippen LogP contribution is -2.26. The van der Waals surface area contributed by atoms with E-state index in [-0.39, 0.29) is 5.91 Å². The second-order valence-electron chi connectivity index (χ2n) is 4.35. The van der Waals surface area contributed by atoms with Crippen molar-refractivity contribution < 1.29 is 9.53 Å². The maximum atomic E-state index is 12.4. The van der Waals surface area contributed by atoms with Crippen LogP contribution in [-0.4, -0.2) is 29.9 Å². The van der Waals surface area contributed by atoms with E-state index < -0.39 is 0 Å². The Morgan fingerprint density at radius 1 is 1.30 bits per heavy atom. The monoisotopic (exact) mass is 290 g/mol. The molecule has 0 saturated heterocycles. The minimum atomic E-state index is -0.134. The van der Waals surface area contributed by atoms with E-state index in [0.29, 0.717) is 23.0 Å². The SMILES string of the molecule is COc1ncccc1C(=O)N(C)Cc1ccc(Cl)cc1. The maximum Gasteiger partial charge on any atom is 0.259 e. The summed E-state index contributed by atoms with van der Waals surface area (Å²) < 4.78 is 5.11. The largest absolute Gasteiger partial charge is 0.480 e. The van der Waals surface area contributed by atoms with Gasteiger partial charge in [-0.25, -0.2) is 4.98 Å². The van der Waals surface area contributed by atoms with Crippen LogP contribution in [0.1, 0.15) is 15.9 Å². The van der Waals surface area contributed by atoms with Crippen molar-refractivity contribution in [3.8, 4) is 5.88 Å². The second-order valence-corrected chi connectivity index (χ2v) is 4.78. The highest BCUT2D eigenvalue weighted by Crippen LogP contribution is 2.17. The zero-order valence-corrected chi connectivity index (χ0v) is 12.1. The molecule has 0 spiro atoms. The van der Waals surface area contributed by atoms with Crippen LogP contribution in [0.15, 0.2) is 42.6 Å². The number of aromatic nitrogens is 1. The number of ether oxygens (including phenoxy) is 1. The first kappa shape index (κ1) is 14.3. The highest BCUT2D eigenvalue weighted by molar-refractivity contribution is 6.30. The van der Waals surface area contributed by atoms with Crippen molar-refractivity contribution in [2.45, 2.75) is 6.54 Å². The van der Waals surface area contributed by atoms with E-state index in [0.717, 1.165) is 5.56 Å². The van der Waals surface area contributed by atoms with E-state index >= 15 is 0 Å². The lowest BCUT2D eigenvalue weighted by atomic mass is 10.2. The molecule has 0 bridgehead atoms. The topological polar surface area (TPSA) is 42.4 Å². The van der Waals surface area contributed by atoms with E-state index in [1.165, 1.54) is 7.11 Å². The van der Waals surface area contributed by atoms with Crippen molar-refractivity contribution in [2.75, 3.05) is 14.2 Å². The summed E-state index contributed by atoms with van der Waals surface area (Å²) in [7, 11) is 3.24. The van der Waals surface area contributed by atoms with Crippen molar-refractivity contribution in [3.05, 3.63) is 58.7 Å². The summed E-state index contributed by atoms with van der Waals surface area (Å²) in [4.78, 5) is 18.0. The molecule has 1 amide bonds. The first-order valence-electron chi connectivity index (χ1n) is 6.10. The molecule has 2 aromatic rings. The minimum Gasteiger partial charge on any atom is -0.480 e. The number of carbonyl (C=O) groups excluding carboxylic acids is 1. The molecule has 5 heteroatoms. The van der Waals surface area contributed by atoms with E-state index in [1.807, 2.05) is 12.1 Å². The number of amides is 1. The molecule has 0 radical (unpaired) electrons. The van der Waals surface area contributed by atoms with Gasteiger partial charge in [-0.3, -0.25) is 4.79 Å². The third-order valence-corrected chi connectivity index (χ3v) is 3.13. The minimum absolute atomic E-state index is 0.134. The van der Waals surface area contributed by atoms with Gasteiger partial charge < -0.3 is 9.64 Å². The Balaban J connectivity index is 2.14. The van der Waals surface area contributed by atoms with Gasteiger partial charge in [0.2, 0.25) is 5.88 Å². The predicted octanol–water partition coefficient (Wildman–Crippen LogP) is 3.02. The quantitative estimate of drug-likeness (QED) is 0.869. The van der Waals surface area contributed by atoms with Gasteiger partial charge in [-0.05, 0) is 29.8 Å². The Morgan fingerprint density at radius 3 is 2.65 bits per heavy atom. The van der Waals surface area contributed by atoms with Crippen LogP contribution in [0.3, 0.4) is 0 Å². The Kier molecular flexibility index (Phi) is 4.58. The average Bonchev–Trinajstić information content (AvgIpc) is 2.48. The summed E-state index contributed by atoms with van der Waals surface area (Å²) >= 11 is 5.84. The standard InChI is InChI=1S/C15H15ClN2O2/c1-18(10-11-5-7-12(16)8-6-11)15(19)13-4-3-9-17-14(13)20-2/h3-9H,10H2,1-2H3. The summed E-state index contributed by atoms with van der Waals surface area (Å²) in [5.74, 6) is 0.199. The van der Waals surface area contributed by atoms with Crippen molar-refractivity contribution in [2.24, 2.45) is 0 Å². The Morgan fingerprint density at radius 2 is 2.00 bits per heavy atom. The number of carbonyl (C=O) groups is 1. The molecule has 1 heterocycles. The normalized spacial score (nSPS) is 10.2. The molecular weight excluding hydrogens is 276 g/mol. The molecular formula is C15H15ClN2O2. The van der Waals surface area contributed by atoms with Crippen LogP contribution >= 0.6 is 11.6 Å². The first-order valence-corrected chi connectivity index (χ1v) is 6.48. The lowest BCUT2D eigenvalue weighted by molar-refractivity contribution is 0.0781. The van der Waals surface area contributed by atoms with Crippen LogP contribution in [-0.2, 0) is 6.54 Å². The van der Waals surface area contributed by atoms with Gasteiger partial charge in [-0.2, -0.15) is 0 Å². The number of benzene rings is 1. The number of hydrogen-bond donors (Lipinski definition) is 0. The van der Waals surface area contributed by atoms with Gasteiger partial charge in [0.15, 0.2) is 0 Å². The van der Waals surface area contributed by atoms with Gasteiger partial charge in [0.1, 0.15) is 5.56 Å². The molecule has 20 heavy (non-hydrogen) atoms. The molecule has 0 aliphatic carbocycles. The third kappa shape index (κ3) is 3.27. The second kappa shape index (κ2) is 6.39. The Hall–Kier alpha value is -2.07. The summed E-state index contributed by atoms with van der Waals surface area (Å²) in [6.07, 6.45) is 1.59. The van der Waals surface area contributed by atoms with Gasteiger partial charge in [0, 0.05) is 24.8 Å². The van der Waals surface area contributed by atoms with Crippen LogP contribution in [0.25, 0.3) is 0 Å². The lowest BCUT2D eigenvalue weighted by Gasteiger charge is -2.18. The fourth-order valence-electron chi connectivity index (χ4n) is 1.86. The molecule has 0 unspecified atom stereocenters. The summed E-state index contributed by atoms with van der Waals surface area (Å²) in [5.41, 5.74) is 1.46. The Bertz CT molecular complexity index is 599. The number of methoxy groups -OCH3 is 1. The summed E-state index contributed by atoms with van der Waals surface area (Å²) in [6, 6.07) is 10.8. The van der Waals surface area contributed by atoms with Crippen molar-refractivity contribution in [3.63, 3.8) is 0 Å². The third-order valence-electron chi connectivity index (χ3n) is 2.87. The van der Waals surface area contributed by atoms with Crippen LogP contribution in [0.2, 0.25) is 5.02 Å². The van der Waals surface area contributed by atoms with Gasteiger partial charge in [0.05, 0.1) is 7.11 Å². The van der Waals surface area contributed by atoms with Gasteiger partial charge >= 0.3 is 0 Å². The number of nitrogens with zero attached hydrogens (tertiary/aromatic N) is 2. The molecule has 1 aromatic heterocycles. The van der Waals surface area contributed by atoms with Crippen LogP contribution in [0.4, 0.5) is 0 Å². The van der Waals surface area contributed by atoms with Gasteiger partial charge in [-0.1, -0.05) is 23.7 Å². The highest BCUT2D eigenvalue weighted by atomic mass is 35.5. The molecule has 1 aromatic carbocycles. The highest BCUT2D eigenvalue weighted by Gasteiger charge is 2.17. The predicted molar refractivity (Wildman–Crippen MR) is 78.0 cm³/mol. The van der Waals surface area contributed by atoms with E-state index in [2.05, 4.69) is 4.98 Å². The van der Waals surface area contributed by atoms with Gasteiger partial charge in [0.25, 0.3) is 5.91 Å². The summed E-state index contributed by atoms with van der Waals surface area (Å²) in [6.45, 7) is 0.494. The Labute approximate surface area is 123 Å².